The zero-order valence-electron chi connectivity index (χ0n) is 15.9. The van der Waals surface area contributed by atoms with Gasteiger partial charge in [-0.15, -0.1) is 0 Å². The fraction of sp³-hybridized carbons (Fsp3) is 0.350. The maximum absolute atomic E-state index is 12.7. The van der Waals surface area contributed by atoms with Crippen molar-refractivity contribution >= 4 is 21.6 Å². The van der Waals surface area contributed by atoms with E-state index in [0.29, 0.717) is 5.69 Å². The van der Waals surface area contributed by atoms with Crippen molar-refractivity contribution < 1.29 is 13.2 Å². The minimum Gasteiger partial charge on any atom is -0.348 e. The average Bonchev–Trinajstić information content (AvgIpc) is 2.57. The number of carbonyl (C=O) groups excluding carboxylic acids is 1. The molecule has 0 fully saturated rings. The number of carbonyl (C=O) groups is 1. The summed E-state index contributed by atoms with van der Waals surface area (Å²) in [6, 6.07) is 13.9. The van der Waals surface area contributed by atoms with E-state index in [0.717, 1.165) is 22.9 Å². The lowest BCUT2D eigenvalue weighted by Crippen LogP contribution is -2.48. The first kappa shape index (κ1) is 20.0. The number of benzene rings is 2. The Kier molecular flexibility index (Phi) is 6.08. The van der Waals surface area contributed by atoms with Crippen molar-refractivity contribution in [2.24, 2.45) is 0 Å². The Balaban J connectivity index is 2.27. The van der Waals surface area contributed by atoms with Gasteiger partial charge in [0, 0.05) is 0 Å². The topological polar surface area (TPSA) is 66.5 Å². The molecule has 2 rings (SSSR count). The molecule has 2 atom stereocenters. The number of nitrogens with one attached hydrogen (secondary N) is 1. The van der Waals surface area contributed by atoms with Crippen LogP contribution in [0, 0.1) is 13.8 Å². The molecule has 0 aliphatic carbocycles. The minimum absolute atomic E-state index is 0.215. The summed E-state index contributed by atoms with van der Waals surface area (Å²) in [5.41, 5.74) is 3.49. The Hall–Kier alpha value is -2.34. The quantitative estimate of drug-likeness (QED) is 0.843. The molecule has 0 heterocycles. The number of sulfonamides is 1. The van der Waals surface area contributed by atoms with Crippen LogP contribution in [0.3, 0.4) is 0 Å². The first-order valence-corrected chi connectivity index (χ1v) is 10.4. The molecule has 26 heavy (non-hydrogen) atoms. The molecular formula is C20H26N2O3S. The summed E-state index contributed by atoms with van der Waals surface area (Å²) in [5.74, 6) is -0.343. The molecule has 0 bridgehead atoms. The lowest BCUT2D eigenvalue weighted by atomic mass is 10.1. The highest BCUT2D eigenvalue weighted by molar-refractivity contribution is 7.92. The first-order valence-electron chi connectivity index (χ1n) is 8.53. The molecule has 0 saturated heterocycles. The molecule has 6 heteroatoms. The van der Waals surface area contributed by atoms with Crippen molar-refractivity contribution in [3.05, 3.63) is 65.2 Å². The van der Waals surface area contributed by atoms with Gasteiger partial charge in [-0.3, -0.25) is 9.10 Å². The predicted molar refractivity (Wildman–Crippen MR) is 106 cm³/mol. The number of anilines is 1. The van der Waals surface area contributed by atoms with Crippen LogP contribution in [0.15, 0.2) is 48.5 Å². The first-order chi connectivity index (χ1) is 12.1. The van der Waals surface area contributed by atoms with E-state index in [9.17, 15) is 13.2 Å². The number of aryl methyl sites for hydroxylation is 2. The zero-order chi connectivity index (χ0) is 19.5. The van der Waals surface area contributed by atoms with Crippen LogP contribution in [0.25, 0.3) is 0 Å². The SMILES string of the molecule is Cc1ccc(N([C@@H](C)C(=O)N[C@@H](C)c2ccccc2)S(C)(=O)=O)cc1C. The molecular weight excluding hydrogens is 348 g/mol. The van der Waals surface area contributed by atoms with Crippen molar-refractivity contribution in [3.63, 3.8) is 0 Å². The molecule has 1 amide bonds. The zero-order valence-corrected chi connectivity index (χ0v) is 16.7. The summed E-state index contributed by atoms with van der Waals surface area (Å²) in [6.45, 7) is 7.35. The lowest BCUT2D eigenvalue weighted by Gasteiger charge is -2.29. The van der Waals surface area contributed by atoms with Gasteiger partial charge in [-0.25, -0.2) is 8.42 Å². The van der Waals surface area contributed by atoms with E-state index in [1.54, 1.807) is 19.1 Å². The van der Waals surface area contributed by atoms with Crippen LogP contribution in [0.5, 0.6) is 0 Å². The summed E-state index contributed by atoms with van der Waals surface area (Å²) in [6.07, 6.45) is 1.12. The molecule has 5 nitrogen and oxygen atoms in total. The highest BCUT2D eigenvalue weighted by atomic mass is 32.2. The van der Waals surface area contributed by atoms with E-state index in [1.165, 1.54) is 4.31 Å². The molecule has 2 aromatic carbocycles. The molecule has 0 spiro atoms. The summed E-state index contributed by atoms with van der Waals surface area (Å²) in [7, 11) is -3.62. The van der Waals surface area contributed by atoms with Crippen molar-refractivity contribution in [3.8, 4) is 0 Å². The number of nitrogens with zero attached hydrogens (tertiary/aromatic N) is 1. The maximum atomic E-state index is 12.7. The van der Waals surface area contributed by atoms with E-state index in [1.807, 2.05) is 57.2 Å². The highest BCUT2D eigenvalue weighted by Gasteiger charge is 2.30. The van der Waals surface area contributed by atoms with Crippen LogP contribution in [-0.4, -0.2) is 26.6 Å². The molecule has 2 aromatic rings. The van der Waals surface area contributed by atoms with E-state index < -0.39 is 16.1 Å². The van der Waals surface area contributed by atoms with E-state index in [4.69, 9.17) is 0 Å². The third-order valence-electron chi connectivity index (χ3n) is 4.49. The van der Waals surface area contributed by atoms with Gasteiger partial charge in [-0.1, -0.05) is 36.4 Å². The lowest BCUT2D eigenvalue weighted by molar-refractivity contribution is -0.122. The fourth-order valence-corrected chi connectivity index (χ4v) is 4.00. The Morgan fingerprint density at radius 1 is 1.00 bits per heavy atom. The molecule has 140 valence electrons. The minimum atomic E-state index is -3.62. The molecule has 0 radical (unpaired) electrons. The van der Waals surface area contributed by atoms with E-state index in [-0.39, 0.29) is 11.9 Å². The van der Waals surface area contributed by atoms with Crippen LogP contribution < -0.4 is 9.62 Å². The van der Waals surface area contributed by atoms with Crippen LogP contribution in [0.2, 0.25) is 0 Å². The van der Waals surface area contributed by atoms with Gasteiger partial charge in [0.05, 0.1) is 18.0 Å². The fourth-order valence-electron chi connectivity index (χ4n) is 2.83. The summed E-state index contributed by atoms with van der Waals surface area (Å²) in [4.78, 5) is 12.7. The van der Waals surface area contributed by atoms with Crippen LogP contribution in [0.1, 0.15) is 36.6 Å². The number of hydrogen-bond acceptors (Lipinski definition) is 3. The van der Waals surface area contributed by atoms with Crippen LogP contribution in [0.4, 0.5) is 5.69 Å². The molecule has 1 N–H and O–H groups in total. The second kappa shape index (κ2) is 7.91. The maximum Gasteiger partial charge on any atom is 0.244 e. The van der Waals surface area contributed by atoms with Gasteiger partial charge in [0.2, 0.25) is 15.9 Å². The molecule has 0 saturated carbocycles. The Bertz CT molecular complexity index is 879. The molecule has 0 aliphatic rings. The molecule has 0 unspecified atom stereocenters. The largest absolute Gasteiger partial charge is 0.348 e. The summed E-state index contributed by atoms with van der Waals surface area (Å²) in [5, 5.41) is 2.90. The predicted octanol–water partition coefficient (Wildman–Crippen LogP) is 3.34. The van der Waals surface area contributed by atoms with Crippen molar-refractivity contribution in [2.45, 2.75) is 39.8 Å². The number of amides is 1. The summed E-state index contributed by atoms with van der Waals surface area (Å²) < 4.78 is 25.9. The van der Waals surface area contributed by atoms with Gasteiger partial charge in [0.25, 0.3) is 0 Å². The van der Waals surface area contributed by atoms with Crippen LogP contribution >= 0.6 is 0 Å². The van der Waals surface area contributed by atoms with Crippen molar-refractivity contribution in [2.75, 3.05) is 10.6 Å². The van der Waals surface area contributed by atoms with Gasteiger partial charge in [0.1, 0.15) is 6.04 Å². The second-order valence-corrected chi connectivity index (χ2v) is 8.50. The smallest absolute Gasteiger partial charge is 0.244 e. The van der Waals surface area contributed by atoms with E-state index >= 15 is 0 Å². The van der Waals surface area contributed by atoms with Gasteiger partial charge in [0.15, 0.2) is 0 Å². The van der Waals surface area contributed by atoms with E-state index in [2.05, 4.69) is 5.32 Å². The average molecular weight is 375 g/mol. The Morgan fingerprint density at radius 3 is 2.15 bits per heavy atom. The van der Waals surface area contributed by atoms with Crippen molar-refractivity contribution in [1.82, 2.24) is 5.32 Å². The molecule has 0 aliphatic heterocycles. The Labute approximate surface area is 156 Å². The van der Waals surface area contributed by atoms with Crippen molar-refractivity contribution in [1.29, 1.82) is 0 Å². The normalized spacial score (nSPS) is 13.7. The third-order valence-corrected chi connectivity index (χ3v) is 5.73. The van der Waals surface area contributed by atoms with Crippen LogP contribution in [-0.2, 0) is 14.8 Å². The molecule has 0 aromatic heterocycles. The number of hydrogen-bond donors (Lipinski definition) is 1. The number of rotatable bonds is 6. The second-order valence-electron chi connectivity index (χ2n) is 6.64. The summed E-state index contributed by atoms with van der Waals surface area (Å²) >= 11 is 0. The standard InChI is InChI=1S/C20H26N2O3S/c1-14-11-12-19(13-15(14)2)22(26(5,24)25)17(4)20(23)21-16(3)18-9-7-6-8-10-18/h6-13,16-17H,1-5H3,(H,21,23)/t16-,17-/m0/s1. The third kappa shape index (κ3) is 4.64. The Morgan fingerprint density at radius 2 is 1.62 bits per heavy atom. The van der Waals surface area contributed by atoms with Gasteiger partial charge in [-0.05, 0) is 56.5 Å². The van der Waals surface area contributed by atoms with Gasteiger partial charge < -0.3 is 5.32 Å². The monoisotopic (exact) mass is 374 g/mol. The van der Waals surface area contributed by atoms with Gasteiger partial charge in [-0.2, -0.15) is 0 Å². The van der Waals surface area contributed by atoms with Gasteiger partial charge >= 0.3 is 0 Å². The highest BCUT2D eigenvalue weighted by Crippen LogP contribution is 2.24.